The number of carbonyl (C=O) groups is 1. The van der Waals surface area contributed by atoms with Gasteiger partial charge in [-0.3, -0.25) is 14.9 Å². The van der Waals surface area contributed by atoms with E-state index in [-0.39, 0.29) is 18.0 Å². The second kappa shape index (κ2) is 7.71. The van der Waals surface area contributed by atoms with E-state index in [0.29, 0.717) is 11.3 Å². The number of fused-ring (bicyclic) bond motifs is 1. The van der Waals surface area contributed by atoms with Gasteiger partial charge in [0.25, 0.3) is 11.6 Å². The molecule has 3 aromatic rings. The first-order valence-electron chi connectivity index (χ1n) is 8.41. The van der Waals surface area contributed by atoms with Crippen molar-refractivity contribution in [2.75, 3.05) is 7.11 Å². The van der Waals surface area contributed by atoms with Gasteiger partial charge in [-0.1, -0.05) is 23.5 Å². The maximum Gasteiger partial charge on any atom is 0.270 e. The molecule has 0 spiro atoms. The molecule has 1 aromatic heterocycles. The Kier molecular flexibility index (Phi) is 5.36. The summed E-state index contributed by atoms with van der Waals surface area (Å²) < 4.78 is 7.86. The van der Waals surface area contributed by atoms with E-state index in [4.69, 9.17) is 4.74 Å². The second-order valence-corrected chi connectivity index (χ2v) is 7.03. The number of non-ortho nitro benzene ring substituents is 1. The Labute approximate surface area is 159 Å². The minimum absolute atomic E-state index is 0.0265. The van der Waals surface area contributed by atoms with Gasteiger partial charge in [0.05, 0.1) is 28.7 Å². The summed E-state index contributed by atoms with van der Waals surface area (Å²) in [6, 6.07) is 10.3. The summed E-state index contributed by atoms with van der Waals surface area (Å²) in [6.07, 6.45) is 0.183. The number of benzene rings is 2. The van der Waals surface area contributed by atoms with Gasteiger partial charge in [0, 0.05) is 18.7 Å². The first-order chi connectivity index (χ1) is 12.9. The van der Waals surface area contributed by atoms with Gasteiger partial charge < -0.3 is 9.30 Å². The zero-order chi connectivity index (χ0) is 19.6. The molecule has 0 bridgehead atoms. The molecule has 0 radical (unpaired) electrons. The summed E-state index contributed by atoms with van der Waals surface area (Å²) in [5, 5.41) is 11.0. The average molecular weight is 385 g/mol. The topological polar surface area (TPSA) is 86.7 Å². The van der Waals surface area contributed by atoms with Gasteiger partial charge in [-0.05, 0) is 37.1 Å². The number of nitro groups is 1. The lowest BCUT2D eigenvalue weighted by atomic mass is 10.1. The lowest BCUT2D eigenvalue weighted by Crippen LogP contribution is -2.16. The van der Waals surface area contributed by atoms with Crippen molar-refractivity contribution in [2.45, 2.75) is 26.8 Å². The zero-order valence-corrected chi connectivity index (χ0v) is 16.1. The van der Waals surface area contributed by atoms with Crippen molar-refractivity contribution >= 4 is 33.1 Å². The number of aryl methyl sites for hydroxylation is 2. The number of hydrogen-bond acceptors (Lipinski definition) is 5. The van der Waals surface area contributed by atoms with Gasteiger partial charge in [-0.25, -0.2) is 0 Å². The zero-order valence-electron chi connectivity index (χ0n) is 15.3. The number of hydrogen-bond donors (Lipinski definition) is 0. The molecule has 27 heavy (non-hydrogen) atoms. The van der Waals surface area contributed by atoms with Crippen LogP contribution >= 0.6 is 11.3 Å². The van der Waals surface area contributed by atoms with Crippen LogP contribution in [0.2, 0.25) is 0 Å². The maximum absolute atomic E-state index is 12.5. The fraction of sp³-hybridized carbons (Fsp3) is 0.263. The monoisotopic (exact) mass is 385 g/mol. The number of aromatic nitrogens is 1. The normalized spacial score (nSPS) is 11.7. The van der Waals surface area contributed by atoms with Gasteiger partial charge >= 0.3 is 0 Å². The summed E-state index contributed by atoms with van der Waals surface area (Å²) in [4.78, 5) is 27.8. The summed E-state index contributed by atoms with van der Waals surface area (Å²) in [5.74, 6) is 0.515. The Morgan fingerprint density at radius 3 is 2.70 bits per heavy atom. The van der Waals surface area contributed by atoms with Gasteiger partial charge in [0.2, 0.25) is 0 Å². The predicted octanol–water partition coefficient (Wildman–Crippen LogP) is 3.62. The lowest BCUT2D eigenvalue weighted by molar-refractivity contribution is -0.384. The van der Waals surface area contributed by atoms with E-state index in [9.17, 15) is 14.9 Å². The molecule has 8 heteroatoms. The molecule has 0 aliphatic heterocycles. The number of thiazole rings is 1. The van der Waals surface area contributed by atoms with Crippen molar-refractivity contribution in [3.05, 3.63) is 62.4 Å². The van der Waals surface area contributed by atoms with Crippen LogP contribution in [0.5, 0.6) is 5.75 Å². The second-order valence-electron chi connectivity index (χ2n) is 6.02. The summed E-state index contributed by atoms with van der Waals surface area (Å²) in [5.41, 5.74) is 2.68. The molecule has 0 unspecified atom stereocenters. The number of nitro benzene ring substituents is 1. The Morgan fingerprint density at radius 1 is 1.30 bits per heavy atom. The molecule has 7 nitrogen and oxygen atoms in total. The van der Waals surface area contributed by atoms with Crippen molar-refractivity contribution in [1.29, 1.82) is 0 Å². The van der Waals surface area contributed by atoms with Crippen LogP contribution in [0.15, 0.2) is 41.4 Å². The van der Waals surface area contributed by atoms with Crippen LogP contribution in [-0.2, 0) is 17.8 Å². The summed E-state index contributed by atoms with van der Waals surface area (Å²) in [7, 11) is 1.61. The highest BCUT2D eigenvalue weighted by atomic mass is 32.1. The minimum Gasteiger partial charge on any atom is -0.496 e. The smallest absolute Gasteiger partial charge is 0.270 e. The van der Waals surface area contributed by atoms with E-state index < -0.39 is 4.92 Å². The van der Waals surface area contributed by atoms with Crippen molar-refractivity contribution in [3.63, 3.8) is 0 Å². The molecule has 0 saturated carbocycles. The number of carbonyl (C=O) groups excluding carboxylic acids is 1. The molecule has 1 amide bonds. The van der Waals surface area contributed by atoms with Crippen molar-refractivity contribution in [1.82, 2.24) is 4.57 Å². The molecular weight excluding hydrogens is 366 g/mol. The summed E-state index contributed by atoms with van der Waals surface area (Å²) >= 11 is 1.28. The van der Waals surface area contributed by atoms with E-state index in [2.05, 4.69) is 4.99 Å². The standard InChI is InChI=1S/C19H19N3O4S/c1-4-21-15-7-6-14(22(24)25)11-17(15)27-19(21)20-18(23)10-13-5-8-16(26-3)12(2)9-13/h5-9,11H,4,10H2,1-3H3. The van der Waals surface area contributed by atoms with Gasteiger partial charge in [0.15, 0.2) is 4.80 Å². The Morgan fingerprint density at radius 2 is 2.07 bits per heavy atom. The first kappa shape index (κ1) is 18.8. The molecule has 0 atom stereocenters. The van der Waals surface area contributed by atoms with E-state index in [1.54, 1.807) is 13.2 Å². The summed E-state index contributed by atoms with van der Waals surface area (Å²) in [6.45, 7) is 4.49. The van der Waals surface area contributed by atoms with Crippen molar-refractivity contribution in [2.24, 2.45) is 4.99 Å². The number of rotatable bonds is 5. The molecule has 0 aliphatic rings. The van der Waals surface area contributed by atoms with Crippen molar-refractivity contribution < 1.29 is 14.5 Å². The molecule has 1 heterocycles. The van der Waals surface area contributed by atoms with E-state index in [1.807, 2.05) is 36.6 Å². The molecule has 140 valence electrons. The number of amides is 1. The Balaban J connectivity index is 1.95. The van der Waals surface area contributed by atoms with Crippen LogP contribution < -0.4 is 9.54 Å². The largest absolute Gasteiger partial charge is 0.496 e. The maximum atomic E-state index is 12.5. The van der Waals surface area contributed by atoms with Crippen LogP contribution in [0.1, 0.15) is 18.1 Å². The molecule has 0 N–H and O–H groups in total. The highest BCUT2D eigenvalue weighted by Crippen LogP contribution is 2.23. The quantitative estimate of drug-likeness (QED) is 0.496. The molecular formula is C19H19N3O4S. The highest BCUT2D eigenvalue weighted by Gasteiger charge is 2.12. The highest BCUT2D eigenvalue weighted by molar-refractivity contribution is 7.16. The van der Waals surface area contributed by atoms with E-state index in [1.165, 1.54) is 23.5 Å². The fourth-order valence-electron chi connectivity index (χ4n) is 2.94. The third-order valence-corrected chi connectivity index (χ3v) is 5.27. The molecule has 3 rings (SSSR count). The Hall–Kier alpha value is -3.00. The number of nitrogens with zero attached hydrogens (tertiary/aromatic N) is 3. The van der Waals surface area contributed by atoms with Crippen LogP contribution in [-0.4, -0.2) is 22.5 Å². The third-order valence-electron chi connectivity index (χ3n) is 4.23. The van der Waals surface area contributed by atoms with Gasteiger partial charge in [0.1, 0.15) is 5.75 Å². The lowest BCUT2D eigenvalue weighted by Gasteiger charge is -2.06. The average Bonchev–Trinajstić information content (AvgIpc) is 2.97. The SMILES string of the molecule is CCn1c(=NC(=O)Cc2ccc(OC)c(C)c2)sc2cc([N+](=O)[O-])ccc21. The molecule has 0 saturated heterocycles. The van der Waals surface area contributed by atoms with Gasteiger partial charge in [-0.2, -0.15) is 4.99 Å². The van der Waals surface area contributed by atoms with Gasteiger partial charge in [-0.15, -0.1) is 0 Å². The first-order valence-corrected chi connectivity index (χ1v) is 9.23. The van der Waals surface area contributed by atoms with Crippen LogP contribution in [0.25, 0.3) is 10.2 Å². The van der Waals surface area contributed by atoms with E-state index in [0.717, 1.165) is 27.1 Å². The molecule has 2 aromatic carbocycles. The van der Waals surface area contributed by atoms with Crippen LogP contribution in [0.4, 0.5) is 5.69 Å². The minimum atomic E-state index is -0.427. The molecule has 0 aliphatic carbocycles. The van der Waals surface area contributed by atoms with E-state index >= 15 is 0 Å². The number of methoxy groups -OCH3 is 1. The number of ether oxygens (including phenoxy) is 1. The predicted molar refractivity (Wildman–Crippen MR) is 104 cm³/mol. The third kappa shape index (κ3) is 3.90. The Bertz CT molecular complexity index is 1100. The van der Waals surface area contributed by atoms with Crippen molar-refractivity contribution in [3.8, 4) is 5.75 Å². The molecule has 0 fully saturated rings. The van der Waals surface area contributed by atoms with Crippen LogP contribution in [0, 0.1) is 17.0 Å². The fourth-order valence-corrected chi connectivity index (χ4v) is 4.08. The van der Waals surface area contributed by atoms with Crippen LogP contribution in [0.3, 0.4) is 0 Å².